The minimum Gasteiger partial charge on any atom is -0.339 e. The fraction of sp³-hybridized carbons (Fsp3) is 0.182. The number of hydrogen-bond donors (Lipinski definition) is 1. The molecule has 146 valence electrons. The summed E-state index contributed by atoms with van der Waals surface area (Å²) in [4.78, 5) is 40.4. The number of terminal acetylenes is 1. The first-order chi connectivity index (χ1) is 13.8. The van der Waals surface area contributed by atoms with Crippen molar-refractivity contribution in [2.45, 2.75) is 26.3 Å². The van der Waals surface area contributed by atoms with Crippen LogP contribution in [0.25, 0.3) is 4.85 Å². The molecule has 1 amide bonds. The highest BCUT2D eigenvalue weighted by atomic mass is 19.1. The van der Waals surface area contributed by atoms with Gasteiger partial charge in [0.15, 0.2) is 0 Å². The van der Waals surface area contributed by atoms with Gasteiger partial charge in [0.25, 0.3) is 5.91 Å². The Hall–Kier alpha value is -3.97. The van der Waals surface area contributed by atoms with Gasteiger partial charge in [0, 0.05) is 36.8 Å². The number of halogens is 1. The predicted octanol–water partition coefficient (Wildman–Crippen LogP) is 4.09. The molecule has 0 saturated heterocycles. The molecule has 7 heteroatoms. The van der Waals surface area contributed by atoms with Gasteiger partial charge in [-0.05, 0) is 30.7 Å². The van der Waals surface area contributed by atoms with E-state index < -0.39 is 23.3 Å². The number of aromatic nitrogens is 1. The second kappa shape index (κ2) is 9.29. The number of nitrogens with zero attached hydrogens (tertiary/aromatic N) is 2. The molecule has 2 rings (SSSR count). The summed E-state index contributed by atoms with van der Waals surface area (Å²) >= 11 is 0. The average Bonchev–Trinajstić information content (AvgIpc) is 3.03. The highest BCUT2D eigenvalue weighted by Crippen LogP contribution is 2.24. The number of benzene rings is 1. The zero-order valence-electron chi connectivity index (χ0n) is 15.8. The van der Waals surface area contributed by atoms with Crippen molar-refractivity contribution in [1.82, 2.24) is 4.57 Å². The number of allylic oxidation sites excluding steroid dienone is 1. The zero-order chi connectivity index (χ0) is 21.6. The van der Waals surface area contributed by atoms with Gasteiger partial charge >= 0.3 is 0 Å². The smallest absolute Gasteiger partial charge is 0.272 e. The molecule has 0 saturated carbocycles. The van der Waals surface area contributed by atoms with E-state index in [1.807, 2.05) is 0 Å². The van der Waals surface area contributed by atoms with Crippen molar-refractivity contribution in [3.8, 4) is 12.3 Å². The number of carbonyl (C=O) groups is 3. The molecule has 1 aromatic carbocycles. The van der Waals surface area contributed by atoms with Crippen molar-refractivity contribution in [2.75, 3.05) is 5.32 Å². The topological polar surface area (TPSA) is 72.5 Å². The second-order valence-electron chi connectivity index (χ2n) is 6.15. The van der Waals surface area contributed by atoms with Crippen LogP contribution in [0.1, 0.15) is 39.3 Å². The van der Waals surface area contributed by atoms with Crippen molar-refractivity contribution in [3.63, 3.8) is 0 Å². The van der Waals surface area contributed by atoms with Gasteiger partial charge in [-0.15, -0.1) is 18.9 Å². The van der Waals surface area contributed by atoms with Gasteiger partial charge in [-0.1, -0.05) is 6.08 Å². The SMILES string of the molecule is [C-]#[N+]c1cc(NC(=O)c2c(C)c(C(=O)C(=O)CCC#C)cn2CC=C)ccc1F. The Labute approximate surface area is 167 Å². The van der Waals surface area contributed by atoms with Crippen LogP contribution in [0.5, 0.6) is 0 Å². The minimum atomic E-state index is -0.716. The van der Waals surface area contributed by atoms with Crippen LogP contribution in [0.3, 0.4) is 0 Å². The largest absolute Gasteiger partial charge is 0.339 e. The Balaban J connectivity index is 2.40. The Kier molecular flexibility index (Phi) is 6.84. The molecule has 0 atom stereocenters. The molecule has 0 fully saturated rings. The normalized spacial score (nSPS) is 9.93. The predicted molar refractivity (Wildman–Crippen MR) is 107 cm³/mol. The average molecular weight is 391 g/mol. The summed E-state index contributed by atoms with van der Waals surface area (Å²) in [6.07, 6.45) is 8.18. The van der Waals surface area contributed by atoms with Crippen LogP contribution in [0, 0.1) is 31.7 Å². The van der Waals surface area contributed by atoms with Crippen molar-refractivity contribution in [2.24, 2.45) is 0 Å². The van der Waals surface area contributed by atoms with Gasteiger partial charge in [-0.3, -0.25) is 14.4 Å². The van der Waals surface area contributed by atoms with Crippen LogP contribution >= 0.6 is 0 Å². The minimum absolute atomic E-state index is 0.0715. The third-order valence-electron chi connectivity index (χ3n) is 4.19. The summed E-state index contributed by atoms with van der Waals surface area (Å²) in [7, 11) is 0. The van der Waals surface area contributed by atoms with E-state index in [4.69, 9.17) is 13.0 Å². The molecule has 0 radical (unpaired) electrons. The Bertz CT molecular complexity index is 1080. The number of carbonyl (C=O) groups excluding carboxylic acids is 3. The first-order valence-electron chi connectivity index (χ1n) is 8.64. The highest BCUT2D eigenvalue weighted by molar-refractivity contribution is 6.44. The first-order valence-corrected chi connectivity index (χ1v) is 8.64. The van der Waals surface area contributed by atoms with Gasteiger partial charge < -0.3 is 9.88 Å². The molecule has 29 heavy (non-hydrogen) atoms. The van der Waals surface area contributed by atoms with Gasteiger partial charge in [-0.25, -0.2) is 9.24 Å². The van der Waals surface area contributed by atoms with E-state index in [1.54, 1.807) is 13.0 Å². The summed E-state index contributed by atoms with van der Waals surface area (Å²) in [5.74, 6) is -0.294. The van der Waals surface area contributed by atoms with Crippen LogP contribution in [0.15, 0.2) is 37.1 Å². The Morgan fingerprint density at radius 2 is 2.14 bits per heavy atom. The molecule has 0 spiro atoms. The number of amides is 1. The maximum Gasteiger partial charge on any atom is 0.272 e. The van der Waals surface area contributed by atoms with Gasteiger partial charge in [0.05, 0.1) is 6.57 Å². The summed E-state index contributed by atoms with van der Waals surface area (Å²) < 4.78 is 15.0. The van der Waals surface area contributed by atoms with E-state index >= 15 is 0 Å². The van der Waals surface area contributed by atoms with Crippen LogP contribution in [0.2, 0.25) is 0 Å². The van der Waals surface area contributed by atoms with E-state index in [-0.39, 0.29) is 42.0 Å². The maximum atomic E-state index is 13.5. The highest BCUT2D eigenvalue weighted by Gasteiger charge is 2.25. The van der Waals surface area contributed by atoms with Crippen LogP contribution < -0.4 is 5.32 Å². The maximum absolute atomic E-state index is 13.5. The third-order valence-corrected chi connectivity index (χ3v) is 4.19. The Morgan fingerprint density at radius 1 is 1.41 bits per heavy atom. The fourth-order valence-corrected chi connectivity index (χ4v) is 2.79. The number of rotatable bonds is 8. The lowest BCUT2D eigenvalue weighted by Crippen LogP contribution is -2.18. The number of nitrogens with one attached hydrogen (secondary N) is 1. The number of anilines is 1. The molecule has 0 aliphatic rings. The van der Waals surface area contributed by atoms with E-state index in [2.05, 4.69) is 22.7 Å². The summed E-state index contributed by atoms with van der Waals surface area (Å²) in [5, 5.41) is 2.59. The number of ketones is 2. The second-order valence-corrected chi connectivity index (χ2v) is 6.15. The quantitative estimate of drug-likeness (QED) is 0.242. The van der Waals surface area contributed by atoms with Crippen molar-refractivity contribution in [3.05, 3.63) is 71.1 Å². The van der Waals surface area contributed by atoms with Crippen LogP contribution in [-0.2, 0) is 11.3 Å². The zero-order valence-corrected chi connectivity index (χ0v) is 15.8. The van der Waals surface area contributed by atoms with E-state index in [0.717, 1.165) is 6.07 Å². The lowest BCUT2D eigenvalue weighted by molar-refractivity contribution is -0.115. The molecule has 2 aromatic rings. The first kappa shape index (κ1) is 21.3. The lowest BCUT2D eigenvalue weighted by Gasteiger charge is -2.10. The van der Waals surface area contributed by atoms with Crippen molar-refractivity contribution in [1.29, 1.82) is 0 Å². The van der Waals surface area contributed by atoms with Crippen molar-refractivity contribution >= 4 is 28.8 Å². The molecule has 6 nitrogen and oxygen atoms in total. The Morgan fingerprint density at radius 3 is 2.76 bits per heavy atom. The summed E-state index contributed by atoms with van der Waals surface area (Å²) in [5.41, 5.74) is 0.602. The fourth-order valence-electron chi connectivity index (χ4n) is 2.79. The van der Waals surface area contributed by atoms with Crippen LogP contribution in [0.4, 0.5) is 15.8 Å². The van der Waals surface area contributed by atoms with Crippen LogP contribution in [-0.4, -0.2) is 22.0 Å². The molecule has 0 unspecified atom stereocenters. The van der Waals surface area contributed by atoms with Crippen molar-refractivity contribution < 1.29 is 18.8 Å². The number of hydrogen-bond acceptors (Lipinski definition) is 3. The molecule has 0 bridgehead atoms. The molecule has 0 aliphatic carbocycles. The standard InChI is InChI=1S/C22H18FN3O3/c1-5-7-8-19(27)21(28)16-13-26(11-6-2)20(14(16)3)22(29)25-15-9-10-17(23)18(12-15)24-4/h1,6,9-10,12-13H,2,7-8,11H2,3H3,(H,25,29). The van der Waals surface area contributed by atoms with Gasteiger partial charge in [-0.2, -0.15) is 0 Å². The third kappa shape index (κ3) is 4.66. The van der Waals surface area contributed by atoms with E-state index in [0.29, 0.717) is 5.56 Å². The number of Topliss-reactive ketones (excluding diaryl/α,β-unsaturated/α-hetero) is 2. The van der Waals surface area contributed by atoms with Gasteiger partial charge in [0.2, 0.25) is 17.3 Å². The van der Waals surface area contributed by atoms with E-state index in [9.17, 15) is 18.8 Å². The monoisotopic (exact) mass is 391 g/mol. The molecule has 0 aliphatic heterocycles. The van der Waals surface area contributed by atoms with Gasteiger partial charge in [0.1, 0.15) is 11.5 Å². The molecule has 1 aromatic heterocycles. The molecular weight excluding hydrogens is 373 g/mol. The molecule has 1 heterocycles. The molecule has 1 N–H and O–H groups in total. The lowest BCUT2D eigenvalue weighted by atomic mass is 10.0. The van der Waals surface area contributed by atoms with E-state index in [1.165, 1.54) is 22.9 Å². The summed E-state index contributed by atoms with van der Waals surface area (Å²) in [6.45, 7) is 12.4. The molecular formula is C22H18FN3O3. The summed E-state index contributed by atoms with van der Waals surface area (Å²) in [6, 6.07) is 3.62.